The maximum absolute atomic E-state index is 12.7. The molecule has 8 heteroatoms. The van der Waals surface area contributed by atoms with Crippen molar-refractivity contribution in [2.75, 3.05) is 11.9 Å². The average Bonchev–Trinajstić information content (AvgIpc) is 3.12. The Morgan fingerprint density at radius 1 is 1.14 bits per heavy atom. The van der Waals surface area contributed by atoms with Gasteiger partial charge in [0.2, 0.25) is 5.89 Å². The van der Waals surface area contributed by atoms with E-state index in [4.69, 9.17) is 9.26 Å². The lowest BCUT2D eigenvalue weighted by Gasteiger charge is -2.10. The molecule has 0 saturated heterocycles. The largest absolute Gasteiger partial charge is 0.462 e. The van der Waals surface area contributed by atoms with Gasteiger partial charge in [0.15, 0.2) is 5.82 Å². The Labute approximate surface area is 166 Å². The van der Waals surface area contributed by atoms with Gasteiger partial charge in [0.05, 0.1) is 23.5 Å². The molecule has 0 spiro atoms. The van der Waals surface area contributed by atoms with Crippen molar-refractivity contribution in [1.29, 1.82) is 0 Å². The molecule has 0 atom stereocenters. The van der Waals surface area contributed by atoms with Crippen LogP contribution in [-0.4, -0.2) is 28.6 Å². The van der Waals surface area contributed by atoms with Crippen LogP contribution < -0.4 is 5.32 Å². The van der Waals surface area contributed by atoms with Crippen molar-refractivity contribution in [3.05, 3.63) is 71.4 Å². The maximum Gasteiger partial charge on any atom is 0.338 e. The number of carbonyl (C=O) groups is 2. The van der Waals surface area contributed by atoms with Crippen LogP contribution >= 0.6 is 11.8 Å². The van der Waals surface area contributed by atoms with Gasteiger partial charge in [-0.25, -0.2) is 4.79 Å². The van der Waals surface area contributed by atoms with Gasteiger partial charge in [-0.2, -0.15) is 4.98 Å². The van der Waals surface area contributed by atoms with Crippen LogP contribution in [0.15, 0.2) is 57.9 Å². The van der Waals surface area contributed by atoms with Crippen molar-refractivity contribution >= 4 is 29.3 Å². The van der Waals surface area contributed by atoms with Crippen LogP contribution in [-0.2, 0) is 10.5 Å². The number of aromatic nitrogens is 2. The van der Waals surface area contributed by atoms with Gasteiger partial charge in [-0.05, 0) is 50.2 Å². The molecular formula is C20H19N3O4S. The van der Waals surface area contributed by atoms with Crippen LogP contribution in [0.3, 0.4) is 0 Å². The fraction of sp³-hybridized carbons (Fsp3) is 0.200. The second-order valence-electron chi connectivity index (χ2n) is 5.77. The molecule has 3 aromatic rings. The van der Waals surface area contributed by atoms with E-state index in [2.05, 4.69) is 15.5 Å². The van der Waals surface area contributed by atoms with Crippen molar-refractivity contribution in [2.45, 2.75) is 24.5 Å². The van der Waals surface area contributed by atoms with E-state index >= 15 is 0 Å². The number of anilines is 1. The van der Waals surface area contributed by atoms with E-state index in [0.29, 0.717) is 40.9 Å². The first kappa shape index (κ1) is 19.6. The van der Waals surface area contributed by atoms with E-state index in [1.165, 1.54) is 11.8 Å². The Hall–Kier alpha value is -3.13. The number of nitrogens with one attached hydrogen (secondary N) is 1. The molecule has 1 amide bonds. The van der Waals surface area contributed by atoms with Crippen LogP contribution in [0.25, 0.3) is 0 Å². The second-order valence-corrected chi connectivity index (χ2v) is 6.79. The Kier molecular flexibility index (Phi) is 6.44. The van der Waals surface area contributed by atoms with Crippen LogP contribution in [0, 0.1) is 6.92 Å². The minimum absolute atomic E-state index is 0.242. The minimum atomic E-state index is -0.390. The van der Waals surface area contributed by atoms with Crippen LogP contribution in [0.2, 0.25) is 0 Å². The number of nitrogens with zero attached hydrogens (tertiary/aromatic N) is 2. The summed E-state index contributed by atoms with van der Waals surface area (Å²) in [6.45, 7) is 3.82. The van der Waals surface area contributed by atoms with Gasteiger partial charge in [0.1, 0.15) is 0 Å². The zero-order valence-electron chi connectivity index (χ0n) is 15.5. The van der Waals surface area contributed by atoms with Gasteiger partial charge >= 0.3 is 5.97 Å². The molecule has 7 nitrogen and oxygen atoms in total. The van der Waals surface area contributed by atoms with E-state index in [1.807, 2.05) is 12.1 Å². The monoisotopic (exact) mass is 397 g/mol. The number of rotatable bonds is 7. The third kappa shape index (κ3) is 4.98. The van der Waals surface area contributed by atoms with E-state index in [9.17, 15) is 9.59 Å². The molecular weight excluding hydrogens is 378 g/mol. The van der Waals surface area contributed by atoms with E-state index < -0.39 is 5.97 Å². The number of hydrogen-bond donors (Lipinski definition) is 1. The zero-order valence-corrected chi connectivity index (χ0v) is 16.3. The van der Waals surface area contributed by atoms with Crippen molar-refractivity contribution in [3.63, 3.8) is 0 Å². The van der Waals surface area contributed by atoms with Crippen LogP contribution in [0.1, 0.15) is 39.4 Å². The number of aryl methyl sites for hydroxylation is 1. The normalized spacial score (nSPS) is 10.5. The first-order valence-corrected chi connectivity index (χ1v) is 9.65. The first-order valence-electron chi connectivity index (χ1n) is 8.66. The Morgan fingerprint density at radius 2 is 1.89 bits per heavy atom. The van der Waals surface area contributed by atoms with E-state index in [-0.39, 0.29) is 5.91 Å². The summed E-state index contributed by atoms with van der Waals surface area (Å²) in [4.78, 5) is 29.4. The van der Waals surface area contributed by atoms with Crippen LogP contribution in [0.4, 0.5) is 5.69 Å². The predicted molar refractivity (Wildman–Crippen MR) is 105 cm³/mol. The number of benzene rings is 2. The highest BCUT2D eigenvalue weighted by atomic mass is 32.2. The van der Waals surface area contributed by atoms with Gasteiger partial charge in [-0.1, -0.05) is 17.3 Å². The number of thioether (sulfide) groups is 1. The summed E-state index contributed by atoms with van der Waals surface area (Å²) in [6.07, 6.45) is 0. The molecule has 2 aromatic carbocycles. The molecule has 0 unspecified atom stereocenters. The number of ether oxygens (including phenoxy) is 1. The van der Waals surface area contributed by atoms with Crippen molar-refractivity contribution < 1.29 is 18.8 Å². The molecule has 144 valence electrons. The van der Waals surface area contributed by atoms with Crippen molar-refractivity contribution in [1.82, 2.24) is 10.1 Å². The summed E-state index contributed by atoms with van der Waals surface area (Å²) in [5, 5.41) is 6.60. The average molecular weight is 397 g/mol. The van der Waals surface area contributed by atoms with E-state index in [1.54, 1.807) is 50.2 Å². The minimum Gasteiger partial charge on any atom is -0.462 e. The molecule has 0 aliphatic carbocycles. The number of carbonyl (C=O) groups excluding carboxylic acids is 2. The van der Waals surface area contributed by atoms with Crippen molar-refractivity contribution in [2.24, 2.45) is 0 Å². The summed E-state index contributed by atoms with van der Waals surface area (Å²) in [7, 11) is 0. The summed E-state index contributed by atoms with van der Waals surface area (Å²) < 4.78 is 10.1. The molecule has 28 heavy (non-hydrogen) atoms. The third-order valence-corrected chi connectivity index (χ3v) is 4.76. The SMILES string of the molecule is CCOC(=O)c1ccc(NC(=O)c2ccccc2SCc2nc(C)no2)cc1. The zero-order chi connectivity index (χ0) is 19.9. The molecule has 0 bridgehead atoms. The van der Waals surface area contributed by atoms with Crippen LogP contribution in [0.5, 0.6) is 0 Å². The lowest BCUT2D eigenvalue weighted by atomic mass is 10.2. The molecule has 3 rings (SSSR count). The fourth-order valence-electron chi connectivity index (χ4n) is 2.42. The highest BCUT2D eigenvalue weighted by Crippen LogP contribution is 2.26. The Bertz CT molecular complexity index is 970. The van der Waals surface area contributed by atoms with Gasteiger partial charge in [-0.15, -0.1) is 11.8 Å². The third-order valence-electron chi connectivity index (χ3n) is 3.71. The molecule has 1 heterocycles. The number of amides is 1. The van der Waals surface area contributed by atoms with Crippen molar-refractivity contribution in [3.8, 4) is 0 Å². The summed E-state index contributed by atoms with van der Waals surface area (Å²) in [5.41, 5.74) is 1.56. The summed E-state index contributed by atoms with van der Waals surface area (Å²) in [5.74, 6) is 0.923. The topological polar surface area (TPSA) is 94.3 Å². The summed E-state index contributed by atoms with van der Waals surface area (Å²) in [6, 6.07) is 13.9. The van der Waals surface area contributed by atoms with Gasteiger partial charge < -0.3 is 14.6 Å². The standard InChI is InChI=1S/C20H19N3O4S/c1-3-26-20(25)14-8-10-15(11-9-14)22-19(24)16-6-4-5-7-17(16)28-12-18-21-13(2)23-27-18/h4-11H,3,12H2,1-2H3,(H,22,24). The van der Waals surface area contributed by atoms with Gasteiger partial charge in [-0.3, -0.25) is 4.79 Å². The lowest BCUT2D eigenvalue weighted by molar-refractivity contribution is 0.0526. The predicted octanol–water partition coefficient (Wildman–Crippen LogP) is 4.10. The van der Waals surface area contributed by atoms with E-state index in [0.717, 1.165) is 4.90 Å². The quantitative estimate of drug-likeness (QED) is 0.474. The Morgan fingerprint density at radius 3 is 2.57 bits per heavy atom. The highest BCUT2D eigenvalue weighted by Gasteiger charge is 2.14. The number of hydrogen-bond acceptors (Lipinski definition) is 7. The molecule has 1 aromatic heterocycles. The van der Waals surface area contributed by atoms with Gasteiger partial charge in [0.25, 0.3) is 5.91 Å². The molecule has 0 fully saturated rings. The first-order chi connectivity index (χ1) is 13.6. The molecule has 1 N–H and O–H groups in total. The second kappa shape index (κ2) is 9.18. The molecule has 0 saturated carbocycles. The fourth-order valence-corrected chi connectivity index (χ4v) is 3.31. The lowest BCUT2D eigenvalue weighted by Crippen LogP contribution is -2.13. The molecule has 0 radical (unpaired) electrons. The highest BCUT2D eigenvalue weighted by molar-refractivity contribution is 7.98. The van der Waals surface area contributed by atoms with Gasteiger partial charge in [0, 0.05) is 10.6 Å². The maximum atomic E-state index is 12.7. The smallest absolute Gasteiger partial charge is 0.338 e. The summed E-state index contributed by atoms with van der Waals surface area (Å²) >= 11 is 1.45. The Balaban J connectivity index is 1.68. The number of esters is 1. The molecule has 0 aliphatic rings. The molecule has 0 aliphatic heterocycles.